The summed E-state index contributed by atoms with van der Waals surface area (Å²) in [5.74, 6) is 0.726. The van der Waals surface area contributed by atoms with Crippen molar-refractivity contribution < 1.29 is 5.11 Å². The summed E-state index contributed by atoms with van der Waals surface area (Å²) in [6, 6.07) is 3.92. The molecule has 0 saturated carbocycles. The fraction of sp³-hybridized carbons (Fsp3) is 0.167. The van der Waals surface area contributed by atoms with E-state index in [1.807, 2.05) is 18.3 Å². The summed E-state index contributed by atoms with van der Waals surface area (Å²) in [4.78, 5) is 14.6. The van der Waals surface area contributed by atoms with Crippen LogP contribution in [0.25, 0.3) is 22.3 Å². The minimum atomic E-state index is 0.0732. The number of hydrogen-bond acceptors (Lipinski definition) is 4. The van der Waals surface area contributed by atoms with Gasteiger partial charge in [-0.05, 0) is 12.1 Å². The van der Waals surface area contributed by atoms with Crippen molar-refractivity contribution >= 4 is 16.9 Å². The van der Waals surface area contributed by atoms with Gasteiger partial charge in [0.15, 0.2) is 0 Å². The largest absolute Gasteiger partial charge is 0.395 e. The van der Waals surface area contributed by atoms with Crippen molar-refractivity contribution in [2.24, 2.45) is 0 Å². The summed E-state index contributed by atoms with van der Waals surface area (Å²) in [6.07, 6.45) is 5.28. The molecule has 0 aliphatic heterocycles. The molecule has 18 heavy (non-hydrogen) atoms. The number of fused-ring (bicyclic) bond motifs is 1. The molecule has 0 aliphatic carbocycles. The second kappa shape index (κ2) is 4.50. The van der Waals surface area contributed by atoms with E-state index in [9.17, 15) is 0 Å². The summed E-state index contributed by atoms with van der Waals surface area (Å²) in [5, 5.41) is 12.9. The second-order valence-corrected chi connectivity index (χ2v) is 3.91. The van der Waals surface area contributed by atoms with Crippen molar-refractivity contribution in [3.05, 3.63) is 30.9 Å². The molecule has 0 fully saturated rings. The molecule has 6 nitrogen and oxygen atoms in total. The molecule has 3 rings (SSSR count). The van der Waals surface area contributed by atoms with Gasteiger partial charge in [-0.2, -0.15) is 0 Å². The summed E-state index contributed by atoms with van der Waals surface area (Å²) < 4.78 is 0. The molecule has 4 N–H and O–H groups in total. The number of imidazole rings is 1. The quantitative estimate of drug-likeness (QED) is 0.557. The van der Waals surface area contributed by atoms with Gasteiger partial charge in [0.1, 0.15) is 11.5 Å². The summed E-state index contributed by atoms with van der Waals surface area (Å²) in [6.45, 7) is 0.547. The predicted molar refractivity (Wildman–Crippen MR) is 69.3 cm³/mol. The second-order valence-electron chi connectivity index (χ2n) is 3.91. The van der Waals surface area contributed by atoms with Gasteiger partial charge in [-0.1, -0.05) is 0 Å². The molecule has 3 aromatic rings. The van der Waals surface area contributed by atoms with E-state index in [1.54, 1.807) is 12.5 Å². The van der Waals surface area contributed by atoms with E-state index in [2.05, 4.69) is 25.3 Å². The number of nitrogens with zero attached hydrogens (tertiary/aromatic N) is 2. The van der Waals surface area contributed by atoms with Gasteiger partial charge in [0.25, 0.3) is 0 Å². The van der Waals surface area contributed by atoms with Crippen LogP contribution >= 0.6 is 0 Å². The van der Waals surface area contributed by atoms with Crippen LogP contribution in [0.15, 0.2) is 30.9 Å². The highest BCUT2D eigenvalue weighted by Gasteiger charge is 2.09. The number of aliphatic hydroxyl groups is 1. The molecule has 6 heteroatoms. The number of pyridine rings is 1. The normalized spacial score (nSPS) is 10.9. The Kier molecular flexibility index (Phi) is 2.70. The Morgan fingerprint density at radius 2 is 2.28 bits per heavy atom. The van der Waals surface area contributed by atoms with Gasteiger partial charge in [-0.3, -0.25) is 0 Å². The minimum absolute atomic E-state index is 0.0732. The van der Waals surface area contributed by atoms with E-state index in [-0.39, 0.29) is 6.61 Å². The number of rotatable bonds is 4. The number of anilines is 1. The number of nitrogens with one attached hydrogen (secondary N) is 3. The van der Waals surface area contributed by atoms with E-state index in [0.29, 0.717) is 6.54 Å². The monoisotopic (exact) mass is 243 g/mol. The van der Waals surface area contributed by atoms with Crippen LogP contribution in [-0.4, -0.2) is 38.2 Å². The molecule has 3 aromatic heterocycles. The van der Waals surface area contributed by atoms with Crippen LogP contribution in [0, 0.1) is 0 Å². The maximum absolute atomic E-state index is 8.84. The maximum Gasteiger partial charge on any atom is 0.140 e. The number of aliphatic hydroxyl groups excluding tert-OH is 1. The lowest BCUT2D eigenvalue weighted by atomic mass is 10.1. The van der Waals surface area contributed by atoms with Crippen molar-refractivity contribution in [3.63, 3.8) is 0 Å². The SMILES string of the molecule is OCCNc1cc(-c2cnc[nH]2)c2cc[nH]c2n1. The third-order valence-corrected chi connectivity index (χ3v) is 2.73. The van der Waals surface area contributed by atoms with Gasteiger partial charge < -0.3 is 20.4 Å². The highest BCUT2D eigenvalue weighted by atomic mass is 16.3. The molecule has 92 valence electrons. The first-order valence-corrected chi connectivity index (χ1v) is 5.70. The minimum Gasteiger partial charge on any atom is -0.395 e. The van der Waals surface area contributed by atoms with Crippen molar-refractivity contribution in [2.75, 3.05) is 18.5 Å². The van der Waals surface area contributed by atoms with E-state index < -0.39 is 0 Å². The molecule has 0 amide bonds. The lowest BCUT2D eigenvalue weighted by Gasteiger charge is -2.07. The topological polar surface area (TPSA) is 89.6 Å². The zero-order valence-electron chi connectivity index (χ0n) is 9.64. The van der Waals surface area contributed by atoms with Crippen molar-refractivity contribution in [1.82, 2.24) is 19.9 Å². The molecule has 3 heterocycles. The fourth-order valence-electron chi connectivity index (χ4n) is 1.94. The Hall–Kier alpha value is -2.34. The van der Waals surface area contributed by atoms with Crippen molar-refractivity contribution in [2.45, 2.75) is 0 Å². The van der Waals surface area contributed by atoms with Crippen molar-refractivity contribution in [3.8, 4) is 11.3 Å². The van der Waals surface area contributed by atoms with Gasteiger partial charge >= 0.3 is 0 Å². The molecule has 0 aromatic carbocycles. The van der Waals surface area contributed by atoms with Crippen LogP contribution in [-0.2, 0) is 0 Å². The predicted octanol–water partition coefficient (Wildman–Crippen LogP) is 1.36. The van der Waals surface area contributed by atoms with Gasteiger partial charge in [-0.15, -0.1) is 0 Å². The molecular weight excluding hydrogens is 230 g/mol. The first-order valence-electron chi connectivity index (χ1n) is 5.70. The fourth-order valence-corrected chi connectivity index (χ4v) is 1.94. The highest BCUT2D eigenvalue weighted by Crippen LogP contribution is 2.27. The molecule has 0 saturated heterocycles. The van der Waals surface area contributed by atoms with E-state index >= 15 is 0 Å². The molecule has 0 unspecified atom stereocenters. The summed E-state index contributed by atoms with van der Waals surface area (Å²) >= 11 is 0. The number of hydrogen-bond donors (Lipinski definition) is 4. The van der Waals surface area contributed by atoms with Gasteiger partial charge in [0.2, 0.25) is 0 Å². The highest BCUT2D eigenvalue weighted by molar-refractivity contribution is 5.93. The molecule has 0 aliphatic rings. The average molecular weight is 243 g/mol. The molecular formula is C12H13N5O. The summed E-state index contributed by atoms with van der Waals surface area (Å²) in [7, 11) is 0. The van der Waals surface area contributed by atoms with Crippen LogP contribution in [0.3, 0.4) is 0 Å². The summed E-state index contributed by atoms with van der Waals surface area (Å²) in [5.41, 5.74) is 2.77. The van der Waals surface area contributed by atoms with Crippen molar-refractivity contribution in [1.29, 1.82) is 0 Å². The van der Waals surface area contributed by atoms with Crippen LogP contribution in [0.1, 0.15) is 0 Å². The van der Waals surface area contributed by atoms with Gasteiger partial charge in [0, 0.05) is 23.7 Å². The number of H-pyrrole nitrogens is 2. The first-order chi connectivity index (χ1) is 8.88. The van der Waals surface area contributed by atoms with Crippen LogP contribution in [0.4, 0.5) is 5.82 Å². The first kappa shape index (κ1) is 10.8. The lowest BCUT2D eigenvalue weighted by molar-refractivity contribution is 0.311. The van der Waals surface area contributed by atoms with E-state index in [0.717, 1.165) is 28.1 Å². The Morgan fingerprint density at radius 3 is 3.06 bits per heavy atom. The Balaban J connectivity index is 2.12. The zero-order chi connectivity index (χ0) is 12.4. The van der Waals surface area contributed by atoms with Crippen LogP contribution in [0.2, 0.25) is 0 Å². The molecule has 0 bridgehead atoms. The average Bonchev–Trinajstić information content (AvgIpc) is 3.05. The molecule has 0 spiro atoms. The Labute approximate surface area is 103 Å². The Bertz CT molecular complexity index is 644. The standard InChI is InChI=1S/C12H13N5O/c18-4-3-14-11-5-9(10-6-13-7-16-10)8-1-2-15-12(8)17-11/h1-2,5-7,18H,3-4H2,(H,13,16)(H2,14,15,17). The third kappa shape index (κ3) is 1.82. The van der Waals surface area contributed by atoms with Crippen LogP contribution in [0.5, 0.6) is 0 Å². The number of aromatic nitrogens is 4. The van der Waals surface area contributed by atoms with E-state index in [4.69, 9.17) is 5.11 Å². The van der Waals surface area contributed by atoms with Gasteiger partial charge in [0.05, 0.1) is 24.8 Å². The maximum atomic E-state index is 8.84. The van der Waals surface area contributed by atoms with Gasteiger partial charge in [-0.25, -0.2) is 9.97 Å². The molecule has 0 atom stereocenters. The Morgan fingerprint density at radius 1 is 1.33 bits per heavy atom. The zero-order valence-corrected chi connectivity index (χ0v) is 9.64. The van der Waals surface area contributed by atoms with Crippen LogP contribution < -0.4 is 5.32 Å². The van der Waals surface area contributed by atoms with E-state index in [1.165, 1.54) is 0 Å². The number of aromatic amines is 2. The lowest BCUT2D eigenvalue weighted by Crippen LogP contribution is -2.07. The third-order valence-electron chi connectivity index (χ3n) is 2.73. The smallest absolute Gasteiger partial charge is 0.140 e. The molecule has 0 radical (unpaired) electrons.